The van der Waals surface area contributed by atoms with Gasteiger partial charge in [-0.25, -0.2) is 4.98 Å². The molecule has 2 amide bonds. The van der Waals surface area contributed by atoms with Gasteiger partial charge < -0.3 is 11.1 Å². The van der Waals surface area contributed by atoms with Crippen LogP contribution in [0.1, 0.15) is 48.0 Å². The Morgan fingerprint density at radius 1 is 1.41 bits per heavy atom. The van der Waals surface area contributed by atoms with Crippen LogP contribution in [0.2, 0.25) is 0 Å². The SMILES string of the molecule is CC(C)Cn1c(SCC(=O)Nc2sccc2C(N)=O)nc2sc3c(c2c1=O)CCC(C)C3. The minimum absolute atomic E-state index is 0.00654. The third-order valence-corrected chi connectivity index (χ3v) is 8.40. The highest BCUT2D eigenvalue weighted by Crippen LogP contribution is 2.36. The summed E-state index contributed by atoms with van der Waals surface area (Å²) < 4.78 is 1.72. The lowest BCUT2D eigenvalue weighted by Crippen LogP contribution is -2.26. The average molecular weight is 491 g/mol. The van der Waals surface area contributed by atoms with Gasteiger partial charge in [0.25, 0.3) is 11.5 Å². The summed E-state index contributed by atoms with van der Waals surface area (Å²) in [6, 6.07) is 1.59. The number of carbonyl (C=O) groups is 2. The Bertz CT molecular complexity index is 1240. The molecule has 0 aromatic carbocycles. The van der Waals surface area contributed by atoms with Crippen LogP contribution in [0.5, 0.6) is 0 Å². The summed E-state index contributed by atoms with van der Waals surface area (Å²) in [5, 5.41) is 6.20. The summed E-state index contributed by atoms with van der Waals surface area (Å²) in [7, 11) is 0. The number of nitrogens with one attached hydrogen (secondary N) is 1. The zero-order chi connectivity index (χ0) is 23.0. The van der Waals surface area contributed by atoms with Crippen LogP contribution >= 0.6 is 34.4 Å². The van der Waals surface area contributed by atoms with Crippen molar-refractivity contribution in [2.75, 3.05) is 11.1 Å². The fourth-order valence-electron chi connectivity index (χ4n) is 3.93. The molecule has 170 valence electrons. The molecule has 0 fully saturated rings. The highest BCUT2D eigenvalue weighted by Gasteiger charge is 2.25. The number of nitrogens with two attached hydrogens (primary N) is 1. The van der Waals surface area contributed by atoms with Crippen LogP contribution in [-0.4, -0.2) is 27.1 Å². The molecule has 1 unspecified atom stereocenters. The Morgan fingerprint density at radius 2 is 2.19 bits per heavy atom. The van der Waals surface area contributed by atoms with E-state index in [1.807, 2.05) is 0 Å². The number of thiophene rings is 2. The number of primary amides is 1. The number of hydrogen-bond donors (Lipinski definition) is 2. The summed E-state index contributed by atoms with van der Waals surface area (Å²) >= 11 is 4.11. The second kappa shape index (κ2) is 9.36. The topological polar surface area (TPSA) is 107 Å². The van der Waals surface area contributed by atoms with Gasteiger partial charge in [0.15, 0.2) is 5.16 Å². The Hall–Kier alpha value is -2.17. The molecule has 3 aromatic heterocycles. The zero-order valence-corrected chi connectivity index (χ0v) is 20.7. The molecule has 1 aliphatic carbocycles. The first-order valence-corrected chi connectivity index (χ1v) is 13.3. The van der Waals surface area contributed by atoms with Crippen LogP contribution in [0, 0.1) is 11.8 Å². The van der Waals surface area contributed by atoms with Gasteiger partial charge in [-0.15, -0.1) is 22.7 Å². The number of aromatic nitrogens is 2. The number of amides is 2. The smallest absolute Gasteiger partial charge is 0.263 e. The molecule has 0 radical (unpaired) electrons. The minimum atomic E-state index is -0.580. The van der Waals surface area contributed by atoms with Gasteiger partial charge in [0, 0.05) is 11.4 Å². The Kier molecular flexibility index (Phi) is 6.73. The van der Waals surface area contributed by atoms with E-state index < -0.39 is 5.91 Å². The number of hydrogen-bond acceptors (Lipinski definition) is 7. The number of carbonyl (C=O) groups excluding carboxylic acids is 2. The Labute approximate surface area is 198 Å². The molecule has 3 N–H and O–H groups in total. The van der Waals surface area contributed by atoms with Gasteiger partial charge in [0.05, 0.1) is 16.7 Å². The van der Waals surface area contributed by atoms with Gasteiger partial charge in [-0.2, -0.15) is 0 Å². The fraction of sp³-hybridized carbons (Fsp3) is 0.455. The molecular weight excluding hydrogens is 464 g/mol. The highest BCUT2D eigenvalue weighted by atomic mass is 32.2. The largest absolute Gasteiger partial charge is 0.366 e. The number of aryl methyl sites for hydroxylation is 1. The number of anilines is 1. The lowest BCUT2D eigenvalue weighted by molar-refractivity contribution is -0.113. The summed E-state index contributed by atoms with van der Waals surface area (Å²) in [6.07, 6.45) is 3.01. The fourth-order valence-corrected chi connectivity index (χ4v) is 6.98. The molecule has 7 nitrogen and oxygen atoms in total. The molecule has 10 heteroatoms. The first-order chi connectivity index (χ1) is 15.2. The van der Waals surface area contributed by atoms with E-state index >= 15 is 0 Å². The molecule has 0 spiro atoms. The first-order valence-electron chi connectivity index (χ1n) is 10.6. The van der Waals surface area contributed by atoms with Crippen molar-refractivity contribution >= 4 is 61.5 Å². The normalized spacial score (nSPS) is 15.8. The highest BCUT2D eigenvalue weighted by molar-refractivity contribution is 7.99. The maximum Gasteiger partial charge on any atom is 0.263 e. The molecule has 3 aromatic rings. The molecule has 0 saturated carbocycles. The molecule has 0 aliphatic heterocycles. The minimum Gasteiger partial charge on any atom is -0.366 e. The number of nitrogens with zero attached hydrogens (tertiary/aromatic N) is 2. The van der Waals surface area contributed by atoms with Gasteiger partial charge in [-0.05, 0) is 48.1 Å². The van der Waals surface area contributed by atoms with E-state index in [9.17, 15) is 14.4 Å². The second-order valence-corrected chi connectivity index (χ2v) is 11.5. The first kappa shape index (κ1) is 23.0. The van der Waals surface area contributed by atoms with Crippen molar-refractivity contribution in [2.45, 2.75) is 51.7 Å². The second-order valence-electron chi connectivity index (χ2n) is 8.60. The predicted molar refractivity (Wildman–Crippen MR) is 132 cm³/mol. The maximum atomic E-state index is 13.5. The van der Waals surface area contributed by atoms with Gasteiger partial charge in [0.1, 0.15) is 9.83 Å². The van der Waals surface area contributed by atoms with Crippen LogP contribution in [-0.2, 0) is 24.2 Å². The molecule has 32 heavy (non-hydrogen) atoms. The maximum absolute atomic E-state index is 13.5. The van der Waals surface area contributed by atoms with E-state index in [1.54, 1.807) is 27.4 Å². The van der Waals surface area contributed by atoms with Crippen molar-refractivity contribution in [2.24, 2.45) is 17.6 Å². The standard InChI is InChI=1S/C22H26N4O3S3/c1-11(2)9-26-21(29)17-13-5-4-12(3)8-15(13)32-20(17)25-22(26)31-10-16(27)24-19-14(18(23)28)6-7-30-19/h6-7,11-12H,4-5,8-10H2,1-3H3,(H2,23,28)(H,24,27). The van der Waals surface area contributed by atoms with Crippen LogP contribution in [0.4, 0.5) is 5.00 Å². The lowest BCUT2D eigenvalue weighted by atomic mass is 9.89. The lowest BCUT2D eigenvalue weighted by Gasteiger charge is -2.18. The van der Waals surface area contributed by atoms with Crippen molar-refractivity contribution in [1.82, 2.24) is 9.55 Å². The van der Waals surface area contributed by atoms with Crippen LogP contribution in [0.15, 0.2) is 21.4 Å². The van der Waals surface area contributed by atoms with Crippen molar-refractivity contribution in [3.8, 4) is 0 Å². The van der Waals surface area contributed by atoms with Crippen molar-refractivity contribution in [3.63, 3.8) is 0 Å². The molecule has 1 aliphatic rings. The van der Waals surface area contributed by atoms with Crippen molar-refractivity contribution in [3.05, 3.63) is 37.8 Å². The van der Waals surface area contributed by atoms with Crippen LogP contribution in [0.3, 0.4) is 0 Å². The van der Waals surface area contributed by atoms with Crippen LogP contribution in [0.25, 0.3) is 10.2 Å². The average Bonchev–Trinajstić information content (AvgIpc) is 3.32. The van der Waals surface area contributed by atoms with E-state index in [1.165, 1.54) is 33.5 Å². The third kappa shape index (κ3) is 4.62. The number of rotatable bonds is 7. The van der Waals surface area contributed by atoms with Gasteiger partial charge >= 0.3 is 0 Å². The molecule has 3 heterocycles. The van der Waals surface area contributed by atoms with Crippen LogP contribution < -0.4 is 16.6 Å². The molecule has 0 bridgehead atoms. The quantitative estimate of drug-likeness (QED) is 0.382. The monoisotopic (exact) mass is 490 g/mol. The Balaban J connectivity index is 1.62. The summed E-state index contributed by atoms with van der Waals surface area (Å²) in [5.41, 5.74) is 6.81. The van der Waals surface area contributed by atoms with E-state index in [-0.39, 0.29) is 23.1 Å². The molecule has 4 rings (SSSR count). The summed E-state index contributed by atoms with van der Waals surface area (Å²) in [5.74, 6) is 0.106. The molecule has 1 atom stereocenters. The van der Waals surface area contributed by atoms with Gasteiger partial charge in [0.2, 0.25) is 5.91 Å². The van der Waals surface area contributed by atoms with E-state index in [0.717, 1.165) is 29.5 Å². The van der Waals surface area contributed by atoms with E-state index in [4.69, 9.17) is 10.7 Å². The van der Waals surface area contributed by atoms with E-state index in [2.05, 4.69) is 26.1 Å². The number of fused-ring (bicyclic) bond motifs is 3. The third-order valence-electron chi connectivity index (χ3n) is 5.44. The van der Waals surface area contributed by atoms with E-state index in [0.29, 0.717) is 28.2 Å². The molecular formula is C22H26N4O3S3. The van der Waals surface area contributed by atoms with Gasteiger partial charge in [-0.3, -0.25) is 19.0 Å². The Morgan fingerprint density at radius 3 is 2.91 bits per heavy atom. The molecule has 0 saturated heterocycles. The van der Waals surface area contributed by atoms with Crippen molar-refractivity contribution < 1.29 is 9.59 Å². The zero-order valence-electron chi connectivity index (χ0n) is 18.3. The summed E-state index contributed by atoms with van der Waals surface area (Å²) in [4.78, 5) is 44.4. The predicted octanol–water partition coefficient (Wildman–Crippen LogP) is 4.13. The number of thioether (sulfide) groups is 1. The van der Waals surface area contributed by atoms with Gasteiger partial charge in [-0.1, -0.05) is 32.5 Å². The van der Waals surface area contributed by atoms with Crippen molar-refractivity contribution in [1.29, 1.82) is 0 Å². The summed E-state index contributed by atoms with van der Waals surface area (Å²) in [6.45, 7) is 6.91.